The highest BCUT2D eigenvalue weighted by atomic mass is 35.5. The van der Waals surface area contributed by atoms with Crippen LogP contribution in [0.15, 0.2) is 47.4 Å². The zero-order valence-electron chi connectivity index (χ0n) is 12.2. The lowest BCUT2D eigenvalue weighted by Crippen LogP contribution is -2.24. The van der Waals surface area contributed by atoms with E-state index in [9.17, 15) is 16.8 Å². The van der Waals surface area contributed by atoms with Crippen LogP contribution in [0.1, 0.15) is 11.1 Å². The Bertz CT molecular complexity index is 943. The van der Waals surface area contributed by atoms with Crippen LogP contribution in [-0.2, 0) is 32.3 Å². The SMILES string of the molecule is NS(=O)(=O)c1ccc(CNS(=O)(=O)Cc2ccc(Cl)c(Cl)c2)cc1. The average molecular weight is 409 g/mol. The maximum absolute atomic E-state index is 12.1. The Hall–Kier alpha value is -1.16. The van der Waals surface area contributed by atoms with Crippen LogP contribution in [0.25, 0.3) is 0 Å². The normalized spacial score (nSPS) is 12.3. The topological polar surface area (TPSA) is 106 Å². The zero-order chi connectivity index (χ0) is 18.0. The second kappa shape index (κ2) is 7.38. The number of halogens is 2. The van der Waals surface area contributed by atoms with Gasteiger partial charge in [0.05, 0.1) is 20.7 Å². The molecule has 0 aliphatic heterocycles. The van der Waals surface area contributed by atoms with Gasteiger partial charge in [-0.3, -0.25) is 0 Å². The van der Waals surface area contributed by atoms with Crippen LogP contribution in [-0.4, -0.2) is 16.8 Å². The second-order valence-electron chi connectivity index (χ2n) is 5.02. The Morgan fingerprint density at radius 1 is 0.875 bits per heavy atom. The molecule has 24 heavy (non-hydrogen) atoms. The highest BCUT2D eigenvalue weighted by molar-refractivity contribution is 7.89. The summed E-state index contributed by atoms with van der Waals surface area (Å²) >= 11 is 11.6. The number of hydrogen-bond donors (Lipinski definition) is 2. The molecule has 0 spiro atoms. The third-order valence-corrected chi connectivity index (χ3v) is 6.05. The van der Waals surface area contributed by atoms with Crippen LogP contribution in [0.2, 0.25) is 10.0 Å². The molecule has 6 nitrogen and oxygen atoms in total. The summed E-state index contributed by atoms with van der Waals surface area (Å²) in [7, 11) is -7.37. The number of benzene rings is 2. The molecular weight excluding hydrogens is 395 g/mol. The van der Waals surface area contributed by atoms with Crippen molar-refractivity contribution in [1.29, 1.82) is 0 Å². The minimum absolute atomic E-state index is 0.0224. The van der Waals surface area contributed by atoms with Gasteiger partial charge in [-0.2, -0.15) is 0 Å². The molecule has 0 unspecified atom stereocenters. The van der Waals surface area contributed by atoms with Gasteiger partial charge in [-0.25, -0.2) is 26.7 Å². The van der Waals surface area contributed by atoms with Crippen molar-refractivity contribution in [3.63, 3.8) is 0 Å². The maximum Gasteiger partial charge on any atom is 0.238 e. The van der Waals surface area contributed by atoms with E-state index >= 15 is 0 Å². The zero-order valence-corrected chi connectivity index (χ0v) is 15.4. The summed E-state index contributed by atoms with van der Waals surface area (Å²) in [4.78, 5) is -0.0371. The predicted molar refractivity (Wildman–Crippen MR) is 93.7 cm³/mol. The van der Waals surface area contributed by atoms with Crippen LogP contribution in [0, 0.1) is 0 Å². The lowest BCUT2D eigenvalue weighted by Gasteiger charge is -2.08. The summed E-state index contributed by atoms with van der Waals surface area (Å²) in [6.45, 7) is 0.0224. The molecule has 0 saturated carbocycles. The van der Waals surface area contributed by atoms with E-state index in [0.717, 1.165) is 0 Å². The van der Waals surface area contributed by atoms with Crippen LogP contribution in [0.3, 0.4) is 0 Å². The van der Waals surface area contributed by atoms with E-state index in [0.29, 0.717) is 16.1 Å². The fraction of sp³-hybridized carbons (Fsp3) is 0.143. The molecule has 0 amide bonds. The number of hydrogen-bond acceptors (Lipinski definition) is 4. The van der Waals surface area contributed by atoms with E-state index in [4.69, 9.17) is 28.3 Å². The number of nitrogens with one attached hydrogen (secondary N) is 1. The lowest BCUT2D eigenvalue weighted by molar-refractivity contribution is 0.580. The summed E-state index contributed by atoms with van der Waals surface area (Å²) in [5.41, 5.74) is 1.10. The fourth-order valence-electron chi connectivity index (χ4n) is 1.89. The molecule has 2 aromatic carbocycles. The highest BCUT2D eigenvalue weighted by Gasteiger charge is 2.13. The third kappa shape index (κ3) is 5.44. The number of sulfonamides is 2. The van der Waals surface area contributed by atoms with Gasteiger partial charge in [0.15, 0.2) is 0 Å². The molecule has 0 heterocycles. The molecular formula is C14H14Cl2N2O4S2. The summed E-state index contributed by atoms with van der Waals surface area (Å²) in [6.07, 6.45) is 0. The van der Waals surface area contributed by atoms with Crippen molar-refractivity contribution in [3.05, 3.63) is 63.6 Å². The van der Waals surface area contributed by atoms with Gasteiger partial charge < -0.3 is 0 Å². The number of primary sulfonamides is 1. The van der Waals surface area contributed by atoms with Gasteiger partial charge in [0.25, 0.3) is 0 Å². The Morgan fingerprint density at radius 3 is 2.00 bits per heavy atom. The molecule has 0 fully saturated rings. The van der Waals surface area contributed by atoms with E-state index < -0.39 is 20.0 Å². The van der Waals surface area contributed by atoms with Crippen molar-refractivity contribution in [1.82, 2.24) is 4.72 Å². The predicted octanol–water partition coefficient (Wildman–Crippen LogP) is 2.26. The quantitative estimate of drug-likeness (QED) is 0.763. The first kappa shape index (κ1) is 19.2. The molecule has 0 bridgehead atoms. The Kier molecular flexibility index (Phi) is 5.90. The van der Waals surface area contributed by atoms with Crippen molar-refractivity contribution < 1.29 is 16.8 Å². The van der Waals surface area contributed by atoms with Gasteiger partial charge >= 0.3 is 0 Å². The molecule has 0 saturated heterocycles. The van der Waals surface area contributed by atoms with Crippen molar-refractivity contribution in [2.45, 2.75) is 17.2 Å². The molecule has 3 N–H and O–H groups in total. The van der Waals surface area contributed by atoms with E-state index in [1.54, 1.807) is 6.07 Å². The van der Waals surface area contributed by atoms with Gasteiger partial charge in [0.1, 0.15) is 0 Å². The van der Waals surface area contributed by atoms with Gasteiger partial charge in [-0.05, 0) is 35.4 Å². The van der Waals surface area contributed by atoms with Crippen LogP contribution in [0.4, 0.5) is 0 Å². The van der Waals surface area contributed by atoms with Crippen LogP contribution >= 0.6 is 23.2 Å². The third-order valence-electron chi connectivity index (χ3n) is 3.09. The highest BCUT2D eigenvalue weighted by Crippen LogP contribution is 2.23. The smallest absolute Gasteiger partial charge is 0.225 e. The molecule has 2 rings (SSSR count). The van der Waals surface area contributed by atoms with Crippen molar-refractivity contribution >= 4 is 43.2 Å². The minimum Gasteiger partial charge on any atom is -0.225 e. The van der Waals surface area contributed by atoms with Gasteiger partial charge in [0, 0.05) is 6.54 Å². The fourth-order valence-corrected chi connectivity index (χ4v) is 3.83. The molecule has 0 aromatic heterocycles. The lowest BCUT2D eigenvalue weighted by atomic mass is 10.2. The van der Waals surface area contributed by atoms with E-state index in [2.05, 4.69) is 4.72 Å². The van der Waals surface area contributed by atoms with Gasteiger partial charge in [0.2, 0.25) is 20.0 Å². The van der Waals surface area contributed by atoms with Crippen molar-refractivity contribution in [2.24, 2.45) is 5.14 Å². The maximum atomic E-state index is 12.1. The van der Waals surface area contributed by atoms with Crippen LogP contribution in [0.5, 0.6) is 0 Å². The Morgan fingerprint density at radius 2 is 1.46 bits per heavy atom. The molecule has 130 valence electrons. The first-order valence-corrected chi connectivity index (χ1v) is 10.6. The average Bonchev–Trinajstić information content (AvgIpc) is 2.48. The minimum atomic E-state index is -3.77. The Balaban J connectivity index is 2.03. The van der Waals surface area contributed by atoms with Crippen molar-refractivity contribution in [3.8, 4) is 0 Å². The van der Waals surface area contributed by atoms with Gasteiger partial charge in [-0.15, -0.1) is 0 Å². The summed E-state index contributed by atoms with van der Waals surface area (Å²) in [5, 5.41) is 5.63. The van der Waals surface area contributed by atoms with E-state index in [1.165, 1.54) is 36.4 Å². The largest absolute Gasteiger partial charge is 0.238 e. The first-order chi connectivity index (χ1) is 11.1. The summed E-state index contributed by atoms with van der Waals surface area (Å²) in [6, 6.07) is 10.2. The second-order valence-corrected chi connectivity index (χ2v) is 9.20. The number of rotatable bonds is 6. The summed E-state index contributed by atoms with van der Waals surface area (Å²) in [5.74, 6) is -0.251. The van der Waals surface area contributed by atoms with Crippen LogP contribution < -0.4 is 9.86 Å². The monoisotopic (exact) mass is 408 g/mol. The Labute approximate surface area is 150 Å². The van der Waals surface area contributed by atoms with E-state index in [1.807, 2.05) is 0 Å². The first-order valence-electron chi connectivity index (χ1n) is 6.60. The van der Waals surface area contributed by atoms with Crippen molar-refractivity contribution in [2.75, 3.05) is 0 Å². The van der Waals surface area contributed by atoms with E-state index in [-0.39, 0.29) is 22.2 Å². The van der Waals surface area contributed by atoms with Gasteiger partial charge in [-0.1, -0.05) is 41.4 Å². The molecule has 0 radical (unpaired) electrons. The summed E-state index contributed by atoms with van der Waals surface area (Å²) < 4.78 is 48.9. The molecule has 0 aliphatic rings. The molecule has 0 aliphatic carbocycles. The molecule has 0 atom stereocenters. The molecule has 10 heteroatoms. The standard InChI is InChI=1S/C14H14Cl2N2O4S2/c15-13-6-3-11(7-14(13)16)9-23(19,20)18-8-10-1-4-12(5-2-10)24(17,21)22/h1-7,18H,8-9H2,(H2,17,21,22). The number of nitrogens with two attached hydrogens (primary N) is 1. The molecule has 2 aromatic rings.